The second kappa shape index (κ2) is 7.99. The molecule has 4 nitrogen and oxygen atoms in total. The van der Waals surface area contributed by atoms with Gasteiger partial charge in [-0.15, -0.1) is 11.8 Å². The summed E-state index contributed by atoms with van der Waals surface area (Å²) in [5.41, 5.74) is 6.33. The molecule has 120 valence electrons. The number of rotatable bonds is 6. The molecule has 0 fully saturated rings. The number of hydrogen-bond acceptors (Lipinski definition) is 3. The van der Waals surface area contributed by atoms with Crippen molar-refractivity contribution in [2.75, 3.05) is 11.1 Å². The van der Waals surface area contributed by atoms with Crippen LogP contribution in [-0.4, -0.2) is 17.6 Å². The van der Waals surface area contributed by atoms with Gasteiger partial charge < -0.3 is 11.1 Å². The minimum absolute atomic E-state index is 0.120. The van der Waals surface area contributed by atoms with Crippen molar-refractivity contribution in [2.45, 2.75) is 5.75 Å². The van der Waals surface area contributed by atoms with Crippen molar-refractivity contribution in [1.29, 1.82) is 0 Å². The number of amides is 2. The van der Waals surface area contributed by atoms with E-state index in [0.717, 1.165) is 0 Å². The van der Waals surface area contributed by atoms with Gasteiger partial charge in [0.25, 0.3) is 5.91 Å². The monoisotopic (exact) mass is 352 g/mol. The van der Waals surface area contributed by atoms with Crippen LogP contribution in [0.4, 0.5) is 10.1 Å². The molecule has 3 N–H and O–H groups in total. The highest BCUT2D eigenvalue weighted by molar-refractivity contribution is 7.99. The summed E-state index contributed by atoms with van der Waals surface area (Å²) >= 11 is 6.94. The number of hydrogen-bond donors (Lipinski definition) is 2. The van der Waals surface area contributed by atoms with E-state index >= 15 is 0 Å². The van der Waals surface area contributed by atoms with Crippen molar-refractivity contribution in [2.24, 2.45) is 5.73 Å². The summed E-state index contributed by atoms with van der Waals surface area (Å²) in [6, 6.07) is 10.9. The zero-order chi connectivity index (χ0) is 16.8. The Hall–Kier alpha value is -2.05. The summed E-state index contributed by atoms with van der Waals surface area (Å²) < 4.78 is 13.6. The highest BCUT2D eigenvalue weighted by Crippen LogP contribution is 2.20. The van der Waals surface area contributed by atoms with Crippen LogP contribution >= 0.6 is 23.4 Å². The molecule has 0 aliphatic heterocycles. The van der Waals surface area contributed by atoms with E-state index in [-0.39, 0.29) is 17.2 Å². The van der Waals surface area contributed by atoms with Crippen LogP contribution in [0, 0.1) is 5.82 Å². The fourth-order valence-electron chi connectivity index (χ4n) is 1.89. The lowest BCUT2D eigenvalue weighted by Gasteiger charge is -2.09. The lowest BCUT2D eigenvalue weighted by molar-refractivity contribution is -0.113. The number of nitrogens with two attached hydrogens (primary N) is 1. The van der Waals surface area contributed by atoms with Crippen LogP contribution in [-0.2, 0) is 10.5 Å². The Kier molecular flexibility index (Phi) is 6.01. The van der Waals surface area contributed by atoms with Crippen molar-refractivity contribution in [3.63, 3.8) is 0 Å². The van der Waals surface area contributed by atoms with Crippen LogP contribution in [0.15, 0.2) is 42.5 Å². The van der Waals surface area contributed by atoms with Gasteiger partial charge in [0.1, 0.15) is 5.82 Å². The molecule has 0 radical (unpaired) electrons. The zero-order valence-corrected chi connectivity index (χ0v) is 13.6. The highest BCUT2D eigenvalue weighted by Gasteiger charge is 2.11. The van der Waals surface area contributed by atoms with Gasteiger partial charge in [-0.05, 0) is 29.8 Å². The molecule has 2 aromatic rings. The van der Waals surface area contributed by atoms with E-state index in [1.807, 2.05) is 0 Å². The van der Waals surface area contributed by atoms with Gasteiger partial charge >= 0.3 is 0 Å². The summed E-state index contributed by atoms with van der Waals surface area (Å²) in [5, 5.41) is 2.96. The average Bonchev–Trinajstić information content (AvgIpc) is 2.50. The summed E-state index contributed by atoms with van der Waals surface area (Å²) in [5.74, 6) is -0.845. The normalized spacial score (nSPS) is 10.3. The van der Waals surface area contributed by atoms with Gasteiger partial charge in [-0.25, -0.2) is 4.39 Å². The summed E-state index contributed by atoms with van der Waals surface area (Å²) in [6.07, 6.45) is 0. The maximum absolute atomic E-state index is 13.6. The Bertz CT molecular complexity index is 740. The molecule has 0 aromatic heterocycles. The fraction of sp³-hybridized carbons (Fsp3) is 0.125. The molecule has 7 heteroatoms. The van der Waals surface area contributed by atoms with E-state index in [2.05, 4.69) is 5.32 Å². The van der Waals surface area contributed by atoms with Gasteiger partial charge in [-0.3, -0.25) is 9.59 Å². The standard InChI is InChI=1S/C16H14ClFN2O2S/c17-11-6-5-10(13(18)7-11)8-23-9-15(21)20-14-4-2-1-3-12(14)16(19)22/h1-7H,8-9H2,(H2,19,22)(H,20,21). The number of halogens is 2. The quantitative estimate of drug-likeness (QED) is 0.836. The Morgan fingerprint density at radius 2 is 1.96 bits per heavy atom. The van der Waals surface area contributed by atoms with E-state index in [9.17, 15) is 14.0 Å². The van der Waals surface area contributed by atoms with Crippen molar-refractivity contribution in [1.82, 2.24) is 0 Å². The van der Waals surface area contributed by atoms with Gasteiger partial charge in [0.15, 0.2) is 0 Å². The molecule has 0 saturated heterocycles. The van der Waals surface area contributed by atoms with E-state index in [1.165, 1.54) is 23.9 Å². The molecule has 0 saturated carbocycles. The Morgan fingerprint density at radius 1 is 1.22 bits per heavy atom. The summed E-state index contributed by atoms with van der Waals surface area (Å²) in [4.78, 5) is 23.2. The molecule has 0 spiro atoms. The fourth-order valence-corrected chi connectivity index (χ4v) is 2.86. The third-order valence-electron chi connectivity index (χ3n) is 2.97. The molecule has 0 atom stereocenters. The predicted molar refractivity (Wildman–Crippen MR) is 91.2 cm³/mol. The number of thioether (sulfide) groups is 1. The molecule has 0 heterocycles. The molecular weight excluding hydrogens is 339 g/mol. The van der Waals surface area contributed by atoms with Gasteiger partial charge in [0, 0.05) is 10.8 Å². The first-order valence-corrected chi connectivity index (χ1v) is 8.21. The van der Waals surface area contributed by atoms with E-state index in [0.29, 0.717) is 22.0 Å². The largest absolute Gasteiger partial charge is 0.366 e. The van der Waals surface area contributed by atoms with Gasteiger partial charge in [0.05, 0.1) is 17.0 Å². The second-order valence-electron chi connectivity index (χ2n) is 4.69. The SMILES string of the molecule is NC(=O)c1ccccc1NC(=O)CSCc1ccc(Cl)cc1F. The van der Waals surface area contributed by atoms with Gasteiger partial charge in [-0.2, -0.15) is 0 Å². The average molecular weight is 353 g/mol. The maximum atomic E-state index is 13.6. The maximum Gasteiger partial charge on any atom is 0.250 e. The molecular formula is C16H14ClFN2O2S. The molecule has 0 unspecified atom stereocenters. The van der Waals surface area contributed by atoms with Crippen LogP contribution in [0.2, 0.25) is 5.02 Å². The van der Waals surface area contributed by atoms with Crippen LogP contribution in [0.5, 0.6) is 0 Å². The van der Waals surface area contributed by atoms with Crippen molar-refractivity contribution in [3.8, 4) is 0 Å². The van der Waals surface area contributed by atoms with E-state index in [1.54, 1.807) is 30.3 Å². The first kappa shape index (κ1) is 17.3. The highest BCUT2D eigenvalue weighted by atomic mass is 35.5. The van der Waals surface area contributed by atoms with Crippen molar-refractivity contribution >= 4 is 40.9 Å². The molecule has 0 bridgehead atoms. The van der Waals surface area contributed by atoms with Gasteiger partial charge in [0.2, 0.25) is 5.91 Å². The minimum atomic E-state index is -0.614. The minimum Gasteiger partial charge on any atom is -0.366 e. The predicted octanol–water partition coefficient (Wildman–Crippen LogP) is 3.45. The van der Waals surface area contributed by atoms with Gasteiger partial charge in [-0.1, -0.05) is 29.8 Å². The Labute approximate surface area is 142 Å². The van der Waals surface area contributed by atoms with E-state index in [4.69, 9.17) is 17.3 Å². The number of carbonyl (C=O) groups is 2. The number of para-hydroxylation sites is 1. The lowest BCUT2D eigenvalue weighted by Crippen LogP contribution is -2.19. The molecule has 0 aliphatic carbocycles. The molecule has 2 aromatic carbocycles. The number of carbonyl (C=O) groups excluding carboxylic acids is 2. The summed E-state index contributed by atoms with van der Waals surface area (Å²) in [7, 11) is 0. The zero-order valence-electron chi connectivity index (χ0n) is 12.0. The molecule has 2 amide bonds. The molecule has 23 heavy (non-hydrogen) atoms. The number of nitrogens with one attached hydrogen (secondary N) is 1. The Balaban J connectivity index is 1.90. The van der Waals surface area contributed by atoms with Crippen molar-refractivity contribution < 1.29 is 14.0 Å². The van der Waals surface area contributed by atoms with Crippen LogP contribution in [0.3, 0.4) is 0 Å². The second-order valence-corrected chi connectivity index (χ2v) is 6.11. The third-order valence-corrected chi connectivity index (χ3v) is 4.19. The first-order chi connectivity index (χ1) is 11.0. The Morgan fingerprint density at radius 3 is 2.65 bits per heavy atom. The number of primary amides is 1. The first-order valence-electron chi connectivity index (χ1n) is 6.67. The van der Waals surface area contributed by atoms with Crippen LogP contribution in [0.25, 0.3) is 0 Å². The van der Waals surface area contributed by atoms with Crippen LogP contribution < -0.4 is 11.1 Å². The topological polar surface area (TPSA) is 72.2 Å². The summed E-state index contributed by atoms with van der Waals surface area (Å²) in [6.45, 7) is 0. The molecule has 2 rings (SSSR count). The van der Waals surface area contributed by atoms with Crippen molar-refractivity contribution in [3.05, 3.63) is 64.4 Å². The number of anilines is 1. The van der Waals surface area contributed by atoms with Crippen LogP contribution in [0.1, 0.15) is 15.9 Å². The lowest BCUT2D eigenvalue weighted by atomic mass is 10.1. The van der Waals surface area contributed by atoms with E-state index < -0.39 is 11.7 Å². The number of benzene rings is 2. The smallest absolute Gasteiger partial charge is 0.250 e. The third kappa shape index (κ3) is 4.97. The molecule has 0 aliphatic rings.